The Morgan fingerprint density at radius 3 is 2.22 bits per heavy atom. The average Bonchev–Trinajstić information content (AvgIpc) is 3.29. The third-order valence-electron chi connectivity index (χ3n) is 7.30. The van der Waals surface area contributed by atoms with Crippen LogP contribution in [0.3, 0.4) is 0 Å². The van der Waals surface area contributed by atoms with Crippen molar-refractivity contribution in [3.63, 3.8) is 0 Å². The van der Waals surface area contributed by atoms with Gasteiger partial charge in [-0.05, 0) is 63.7 Å². The second-order valence-electron chi connectivity index (χ2n) is 10.7. The number of aliphatic carboxylic acids is 1. The van der Waals surface area contributed by atoms with Gasteiger partial charge in [-0.15, -0.1) is 5.11 Å². The first-order chi connectivity index (χ1) is 17.4. The van der Waals surface area contributed by atoms with Gasteiger partial charge in [0, 0.05) is 21.5 Å². The fraction of sp³-hybridized carbons (Fsp3) is 0.0769. The molecule has 37 heavy (non-hydrogen) atoms. The van der Waals surface area contributed by atoms with Crippen LogP contribution < -0.4 is 0 Å². The van der Waals surface area contributed by atoms with Crippen LogP contribution in [0.5, 0.6) is 0 Å². The van der Waals surface area contributed by atoms with Gasteiger partial charge >= 0.3 is 5.97 Å². The predicted molar refractivity (Wildman–Crippen MR) is 170 cm³/mol. The fourth-order valence-corrected chi connectivity index (χ4v) is 4.84. The molecule has 0 amide bonds. The molecule has 0 fully saturated rings. The molecule has 1 aromatic heterocycles. The summed E-state index contributed by atoms with van der Waals surface area (Å²) in [7, 11) is 11.2. The van der Waals surface area contributed by atoms with Crippen LogP contribution in [0.15, 0.2) is 72.9 Å². The van der Waals surface area contributed by atoms with E-state index in [0.29, 0.717) is 10.0 Å². The number of benzene rings is 3. The van der Waals surface area contributed by atoms with Crippen LogP contribution in [0, 0.1) is 0 Å². The summed E-state index contributed by atoms with van der Waals surface area (Å²) in [6.07, 6.45) is 4.55. The van der Waals surface area contributed by atoms with Gasteiger partial charge in [-0.3, -0.25) is 5.10 Å². The number of allylic oxidation sites excluding steroid dienone is 1. The second-order valence-corrected chi connectivity index (χ2v) is 11.6. The fourth-order valence-electron chi connectivity index (χ4n) is 4.33. The highest BCUT2D eigenvalue weighted by molar-refractivity contribution is 6.70. The number of H-pyrrole nitrogens is 1. The van der Waals surface area contributed by atoms with Crippen LogP contribution in [0.25, 0.3) is 28.1 Å². The Morgan fingerprint density at radius 2 is 1.59 bits per heavy atom. The van der Waals surface area contributed by atoms with E-state index in [0.717, 1.165) is 50.4 Å². The summed E-state index contributed by atoms with van der Waals surface area (Å²) in [5, 5.41) is 18.0. The Hall–Kier alpha value is -3.02. The van der Waals surface area contributed by atoms with E-state index in [9.17, 15) is 4.79 Å². The number of nitrogens with one attached hydrogen (secondary N) is 1. The summed E-state index contributed by atoms with van der Waals surface area (Å²) in [6.45, 7) is 0. The molecule has 4 rings (SSSR count). The predicted octanol–water partition coefficient (Wildman–Crippen LogP) is 2.28. The molecule has 0 unspecified atom stereocenters. The van der Waals surface area contributed by atoms with Crippen LogP contribution in [0.4, 0.5) is 0 Å². The highest BCUT2D eigenvalue weighted by Gasteiger charge is 2.39. The first kappa shape index (κ1) is 27.0. The molecule has 2 N–H and O–H groups in total. The van der Waals surface area contributed by atoms with Gasteiger partial charge in [0.1, 0.15) is 15.7 Å². The molecule has 0 bridgehead atoms. The molecule has 4 nitrogen and oxygen atoms in total. The van der Waals surface area contributed by atoms with Crippen molar-refractivity contribution in [2.75, 3.05) is 0 Å². The maximum absolute atomic E-state index is 11.0. The van der Waals surface area contributed by atoms with Crippen molar-refractivity contribution < 1.29 is 9.90 Å². The lowest BCUT2D eigenvalue weighted by Gasteiger charge is -2.44. The molecule has 4 aromatic rings. The summed E-state index contributed by atoms with van der Waals surface area (Å²) < 4.78 is 0. The summed E-state index contributed by atoms with van der Waals surface area (Å²) in [6, 6.07) is 19.8. The lowest BCUT2D eigenvalue weighted by atomic mass is 9.21. The smallest absolute Gasteiger partial charge is 0.328 e. The van der Waals surface area contributed by atoms with E-state index >= 15 is 0 Å². The number of nitrogens with zero attached hydrogens (tertiary/aromatic N) is 1. The highest BCUT2D eigenvalue weighted by Crippen LogP contribution is 2.55. The third-order valence-corrected chi connectivity index (χ3v) is 7.84. The Kier molecular flexibility index (Phi) is 7.59. The van der Waals surface area contributed by atoms with E-state index in [1.165, 1.54) is 0 Å². The molecule has 0 saturated heterocycles. The Bertz CT molecular complexity index is 1540. The van der Waals surface area contributed by atoms with Gasteiger partial charge in [-0.1, -0.05) is 64.8 Å². The minimum absolute atomic E-state index is 0.125. The second kappa shape index (κ2) is 10.4. The van der Waals surface area contributed by atoms with Crippen LogP contribution in [-0.4, -0.2) is 60.5 Å². The van der Waals surface area contributed by atoms with Crippen molar-refractivity contribution in [3.05, 3.63) is 105 Å². The van der Waals surface area contributed by atoms with E-state index in [1.54, 1.807) is 12.1 Å². The van der Waals surface area contributed by atoms with Crippen molar-refractivity contribution >= 4 is 96.5 Å². The molecular formula is C26H25B5Cl2N2O2. The van der Waals surface area contributed by atoms with E-state index in [4.69, 9.17) is 28.3 Å². The van der Waals surface area contributed by atoms with Crippen LogP contribution in [0.2, 0.25) is 20.4 Å². The molecule has 0 radical (unpaired) electrons. The number of aromatic amines is 1. The number of fused-ring (bicyclic) bond motifs is 1. The lowest BCUT2D eigenvalue weighted by molar-refractivity contribution is -0.131. The molecule has 0 spiro atoms. The van der Waals surface area contributed by atoms with Crippen molar-refractivity contribution in [1.82, 2.24) is 10.2 Å². The molecule has 1 heterocycles. The van der Waals surface area contributed by atoms with Gasteiger partial charge in [-0.25, -0.2) is 4.79 Å². The molecule has 11 heteroatoms. The molecule has 0 aliphatic rings. The van der Waals surface area contributed by atoms with E-state index in [-0.39, 0.29) is 10.3 Å². The monoisotopic (exact) mass is 522 g/mol. The number of carboxylic acid groups (broad SMARTS) is 1. The molecule has 0 atom stereocenters. The van der Waals surface area contributed by atoms with Crippen molar-refractivity contribution in [2.24, 2.45) is 0 Å². The molecular weight excluding hydrogens is 497 g/mol. The minimum atomic E-state index is -0.982. The maximum Gasteiger partial charge on any atom is 0.328 e. The Balaban J connectivity index is 2.10. The lowest BCUT2D eigenvalue weighted by Crippen LogP contribution is -2.34. The van der Waals surface area contributed by atoms with E-state index in [2.05, 4.69) is 61.6 Å². The number of halogens is 2. The maximum atomic E-state index is 11.0. The van der Waals surface area contributed by atoms with E-state index in [1.807, 2.05) is 48.7 Å². The van der Waals surface area contributed by atoms with Gasteiger partial charge < -0.3 is 5.11 Å². The zero-order valence-corrected chi connectivity index (χ0v) is 23.1. The normalized spacial score (nSPS) is 13.1. The Labute approximate surface area is 231 Å². The van der Waals surface area contributed by atoms with E-state index < -0.39 is 5.97 Å². The topological polar surface area (TPSA) is 66.0 Å². The highest BCUT2D eigenvalue weighted by atomic mass is 35.5. The molecule has 180 valence electrons. The Morgan fingerprint density at radius 1 is 0.919 bits per heavy atom. The average molecular weight is 522 g/mol. The van der Waals surface area contributed by atoms with Crippen LogP contribution in [0.1, 0.15) is 22.3 Å². The summed E-state index contributed by atoms with van der Waals surface area (Å²) in [5.74, 6) is -0.982. The van der Waals surface area contributed by atoms with Gasteiger partial charge in [0.05, 0.1) is 35.3 Å². The van der Waals surface area contributed by atoms with Crippen molar-refractivity contribution in [2.45, 2.75) is 10.3 Å². The number of rotatable bonds is 7. The van der Waals surface area contributed by atoms with Gasteiger partial charge in [-0.2, -0.15) is 5.10 Å². The van der Waals surface area contributed by atoms with Crippen LogP contribution >= 0.6 is 23.2 Å². The number of hydrogen-bond donors (Lipinski definition) is 2. The van der Waals surface area contributed by atoms with Crippen molar-refractivity contribution in [1.29, 1.82) is 0 Å². The zero-order valence-electron chi connectivity index (χ0n) is 21.6. The molecule has 0 aliphatic carbocycles. The van der Waals surface area contributed by atoms with Gasteiger partial charge in [0.25, 0.3) is 0 Å². The number of hydrogen-bond acceptors (Lipinski definition) is 2. The van der Waals surface area contributed by atoms with Gasteiger partial charge in [0.15, 0.2) is 0 Å². The minimum Gasteiger partial charge on any atom is -0.478 e. The third kappa shape index (κ3) is 5.63. The van der Waals surface area contributed by atoms with Gasteiger partial charge in [0.2, 0.25) is 0 Å². The SMILES string of the molecule is BC(B)(B)C(B)(B)/C(=C(/c1ccc(/C=C/C(=O)O)cc1)c1ccc2[nH]ncc2c1)c1ccc(Cl)cc1Cl. The summed E-state index contributed by atoms with van der Waals surface area (Å²) in [4.78, 5) is 11.0. The molecule has 3 aromatic carbocycles. The number of aromatic nitrogens is 2. The number of carboxylic acids is 1. The van der Waals surface area contributed by atoms with Crippen molar-refractivity contribution in [3.8, 4) is 0 Å². The molecule has 0 saturated carbocycles. The largest absolute Gasteiger partial charge is 0.478 e. The molecule has 0 aliphatic heterocycles. The zero-order chi connectivity index (χ0) is 27.0. The summed E-state index contributed by atoms with van der Waals surface area (Å²) >= 11 is 13.2. The first-order valence-electron chi connectivity index (χ1n) is 12.0. The number of carbonyl (C=O) groups is 1. The van der Waals surface area contributed by atoms with Crippen LogP contribution in [-0.2, 0) is 4.79 Å². The first-order valence-corrected chi connectivity index (χ1v) is 12.8. The quantitative estimate of drug-likeness (QED) is 0.223. The summed E-state index contributed by atoms with van der Waals surface area (Å²) in [5.41, 5.74) is 6.84. The standard InChI is InChI=1S/C26H25B5Cl2N2O2/c27-25(28,26(29,30)31)24(19-8-7-18(32)12-20(19)33)23(16-6-9-21-17(11-16)13-34-35-21)15-4-1-14(2-5-15)3-10-22(36)37/h1-13H,27-31H2,(H,34,35)(H,36,37)/b10-3+,24-23-.